The summed E-state index contributed by atoms with van der Waals surface area (Å²) in [6.07, 6.45) is -0.523. The van der Waals surface area contributed by atoms with E-state index in [1.165, 1.54) is 11.3 Å². The first-order valence-electron chi connectivity index (χ1n) is 6.85. The fourth-order valence-corrected chi connectivity index (χ4v) is 3.26. The van der Waals surface area contributed by atoms with Crippen LogP contribution >= 0.6 is 11.3 Å². The van der Waals surface area contributed by atoms with Crippen LogP contribution in [0.3, 0.4) is 0 Å². The Hall–Kier alpha value is -1.47. The number of nitrogens with zero attached hydrogens (tertiary/aromatic N) is 2. The Labute approximate surface area is 127 Å². The number of aliphatic carboxylic acids is 1. The van der Waals surface area contributed by atoms with Gasteiger partial charge in [0, 0.05) is 18.5 Å². The standard InChI is InChI=1S/C14H20N2O4S/c1-14(2,3)12-11(21-8-15-12)13(19)16-4-5-20-9(7-16)6-10(17)18/h8-9H,4-7H2,1-3H3,(H,17,18). The maximum Gasteiger partial charge on any atom is 0.306 e. The third-order valence-corrected chi connectivity index (χ3v) is 4.11. The summed E-state index contributed by atoms with van der Waals surface area (Å²) in [4.78, 5) is 30.0. The maximum absolute atomic E-state index is 12.7. The van der Waals surface area contributed by atoms with Crippen LogP contribution in [0.1, 0.15) is 42.6 Å². The van der Waals surface area contributed by atoms with E-state index in [4.69, 9.17) is 9.84 Å². The van der Waals surface area contributed by atoms with Crippen molar-refractivity contribution < 1.29 is 19.4 Å². The monoisotopic (exact) mass is 312 g/mol. The van der Waals surface area contributed by atoms with E-state index in [9.17, 15) is 9.59 Å². The highest BCUT2D eigenvalue weighted by atomic mass is 32.1. The van der Waals surface area contributed by atoms with Gasteiger partial charge >= 0.3 is 5.97 Å². The second-order valence-corrected chi connectivity index (χ2v) is 6.98. The highest BCUT2D eigenvalue weighted by Gasteiger charge is 2.31. The summed E-state index contributed by atoms with van der Waals surface area (Å²) in [5, 5.41) is 8.83. The second kappa shape index (κ2) is 6.11. The average molecular weight is 312 g/mol. The lowest BCUT2D eigenvalue weighted by Crippen LogP contribution is -2.46. The van der Waals surface area contributed by atoms with Crippen molar-refractivity contribution in [1.29, 1.82) is 0 Å². The van der Waals surface area contributed by atoms with Gasteiger partial charge in [0.15, 0.2) is 0 Å². The molecule has 1 N–H and O–H groups in total. The Balaban J connectivity index is 2.13. The van der Waals surface area contributed by atoms with Gasteiger partial charge in [-0.25, -0.2) is 4.98 Å². The summed E-state index contributed by atoms with van der Waals surface area (Å²) in [7, 11) is 0. The summed E-state index contributed by atoms with van der Waals surface area (Å²) < 4.78 is 5.40. The molecule has 2 heterocycles. The van der Waals surface area contributed by atoms with Crippen molar-refractivity contribution in [2.45, 2.75) is 38.7 Å². The van der Waals surface area contributed by atoms with Gasteiger partial charge in [0.25, 0.3) is 5.91 Å². The van der Waals surface area contributed by atoms with Crippen molar-refractivity contribution in [3.63, 3.8) is 0 Å². The smallest absolute Gasteiger partial charge is 0.306 e. The molecule has 1 aliphatic heterocycles. The number of aromatic nitrogens is 1. The summed E-state index contributed by atoms with van der Waals surface area (Å²) >= 11 is 1.33. The predicted octanol–water partition coefficient (Wildman–Crippen LogP) is 1.76. The Morgan fingerprint density at radius 3 is 2.86 bits per heavy atom. The molecular weight excluding hydrogens is 292 g/mol. The molecule has 1 saturated heterocycles. The highest BCUT2D eigenvalue weighted by molar-refractivity contribution is 7.11. The molecule has 116 valence electrons. The number of morpholine rings is 1. The van der Waals surface area contributed by atoms with Crippen molar-refractivity contribution >= 4 is 23.2 Å². The number of ether oxygens (including phenoxy) is 1. The molecule has 1 aromatic heterocycles. The van der Waals surface area contributed by atoms with Gasteiger partial charge in [0.2, 0.25) is 0 Å². The molecule has 6 nitrogen and oxygen atoms in total. The molecule has 0 bridgehead atoms. The number of rotatable bonds is 3. The zero-order chi connectivity index (χ0) is 15.6. The minimum atomic E-state index is -0.914. The van der Waals surface area contributed by atoms with Crippen LogP contribution in [0.15, 0.2) is 5.51 Å². The molecule has 21 heavy (non-hydrogen) atoms. The van der Waals surface area contributed by atoms with Crippen LogP contribution in [0.4, 0.5) is 0 Å². The molecule has 1 atom stereocenters. The van der Waals surface area contributed by atoms with E-state index in [0.29, 0.717) is 24.6 Å². The lowest BCUT2D eigenvalue weighted by molar-refractivity contribution is -0.141. The Morgan fingerprint density at radius 2 is 2.24 bits per heavy atom. The Bertz CT molecular complexity index is 535. The fourth-order valence-electron chi connectivity index (χ4n) is 2.30. The zero-order valence-corrected chi connectivity index (χ0v) is 13.3. The first-order valence-corrected chi connectivity index (χ1v) is 7.73. The van der Waals surface area contributed by atoms with Crippen molar-refractivity contribution in [3.05, 3.63) is 16.1 Å². The number of carbonyl (C=O) groups is 2. The van der Waals surface area contributed by atoms with Crippen LogP contribution in [0.5, 0.6) is 0 Å². The summed E-state index contributed by atoms with van der Waals surface area (Å²) in [5.41, 5.74) is 2.28. The molecule has 7 heteroatoms. The van der Waals surface area contributed by atoms with Gasteiger partial charge in [-0.15, -0.1) is 11.3 Å². The average Bonchev–Trinajstić information content (AvgIpc) is 2.86. The van der Waals surface area contributed by atoms with Gasteiger partial charge in [0.05, 0.1) is 30.3 Å². The van der Waals surface area contributed by atoms with E-state index >= 15 is 0 Å². The van der Waals surface area contributed by atoms with E-state index in [1.54, 1.807) is 10.4 Å². The molecule has 0 radical (unpaired) electrons. The summed E-state index contributed by atoms with van der Waals surface area (Å²) in [6.45, 7) is 7.22. The zero-order valence-electron chi connectivity index (χ0n) is 12.5. The highest BCUT2D eigenvalue weighted by Crippen LogP contribution is 2.28. The van der Waals surface area contributed by atoms with Crippen molar-refractivity contribution in [1.82, 2.24) is 9.88 Å². The molecule has 1 unspecified atom stereocenters. The summed E-state index contributed by atoms with van der Waals surface area (Å²) in [5.74, 6) is -0.997. The summed E-state index contributed by atoms with van der Waals surface area (Å²) in [6, 6.07) is 0. The first-order chi connectivity index (χ1) is 9.79. The molecule has 0 aliphatic carbocycles. The van der Waals surface area contributed by atoms with Gasteiger partial charge < -0.3 is 14.7 Å². The number of hydrogen-bond donors (Lipinski definition) is 1. The molecule has 1 aliphatic rings. The first kappa shape index (κ1) is 15.9. The van der Waals surface area contributed by atoms with Gasteiger partial charge in [-0.2, -0.15) is 0 Å². The number of hydrogen-bond acceptors (Lipinski definition) is 5. The normalized spacial score (nSPS) is 19.6. The SMILES string of the molecule is CC(C)(C)c1ncsc1C(=O)N1CCOC(CC(=O)O)C1. The molecule has 1 fully saturated rings. The number of carboxylic acids is 1. The van der Waals surface area contributed by atoms with Crippen LogP contribution in [0.2, 0.25) is 0 Å². The van der Waals surface area contributed by atoms with E-state index in [1.807, 2.05) is 20.8 Å². The Morgan fingerprint density at radius 1 is 1.52 bits per heavy atom. The molecule has 2 rings (SSSR count). The number of carbonyl (C=O) groups excluding carboxylic acids is 1. The molecule has 1 aromatic rings. The number of thiazole rings is 1. The minimum absolute atomic E-state index is 0.0823. The molecule has 0 aromatic carbocycles. The van der Waals surface area contributed by atoms with Gasteiger partial charge in [-0.1, -0.05) is 20.8 Å². The van der Waals surface area contributed by atoms with E-state index < -0.39 is 12.1 Å². The van der Waals surface area contributed by atoms with Gasteiger partial charge in [0.1, 0.15) is 4.88 Å². The Kier molecular flexibility index (Phi) is 4.63. The third-order valence-electron chi connectivity index (χ3n) is 3.30. The largest absolute Gasteiger partial charge is 0.481 e. The minimum Gasteiger partial charge on any atom is -0.481 e. The van der Waals surface area contributed by atoms with Crippen LogP contribution in [0, 0.1) is 0 Å². The fraction of sp³-hybridized carbons (Fsp3) is 0.643. The van der Waals surface area contributed by atoms with Crippen LogP contribution in [-0.4, -0.2) is 52.7 Å². The van der Waals surface area contributed by atoms with Crippen LogP contribution < -0.4 is 0 Å². The molecule has 1 amide bonds. The number of amides is 1. The van der Waals surface area contributed by atoms with Crippen molar-refractivity contribution in [2.24, 2.45) is 0 Å². The second-order valence-electron chi connectivity index (χ2n) is 6.12. The number of carboxylic acid groups (broad SMARTS) is 1. The maximum atomic E-state index is 12.7. The molecule has 0 spiro atoms. The van der Waals surface area contributed by atoms with Crippen molar-refractivity contribution in [2.75, 3.05) is 19.7 Å². The molecular formula is C14H20N2O4S. The molecule has 0 saturated carbocycles. The third kappa shape index (κ3) is 3.79. The lowest BCUT2D eigenvalue weighted by atomic mass is 9.91. The van der Waals surface area contributed by atoms with Crippen LogP contribution in [-0.2, 0) is 14.9 Å². The van der Waals surface area contributed by atoms with E-state index in [2.05, 4.69) is 4.98 Å². The lowest BCUT2D eigenvalue weighted by Gasteiger charge is -2.32. The van der Waals surface area contributed by atoms with E-state index in [0.717, 1.165) is 5.69 Å². The van der Waals surface area contributed by atoms with Gasteiger partial charge in [-0.3, -0.25) is 9.59 Å². The quantitative estimate of drug-likeness (QED) is 0.920. The van der Waals surface area contributed by atoms with Crippen molar-refractivity contribution in [3.8, 4) is 0 Å². The van der Waals surface area contributed by atoms with Gasteiger partial charge in [-0.05, 0) is 0 Å². The predicted molar refractivity (Wildman–Crippen MR) is 78.7 cm³/mol. The van der Waals surface area contributed by atoms with E-state index in [-0.39, 0.29) is 17.7 Å². The van der Waals surface area contributed by atoms with Crippen LogP contribution in [0.25, 0.3) is 0 Å². The topological polar surface area (TPSA) is 79.7 Å².